The molecular formula is C26H24ClN5O3. The van der Waals surface area contributed by atoms with Gasteiger partial charge in [0.15, 0.2) is 5.82 Å². The summed E-state index contributed by atoms with van der Waals surface area (Å²) >= 11 is 6.07. The van der Waals surface area contributed by atoms with Gasteiger partial charge in [0.25, 0.3) is 0 Å². The van der Waals surface area contributed by atoms with Crippen LogP contribution in [0.1, 0.15) is 28.5 Å². The number of aromatic nitrogens is 4. The molecule has 1 aliphatic heterocycles. The summed E-state index contributed by atoms with van der Waals surface area (Å²) < 4.78 is 10.6. The molecule has 0 radical (unpaired) electrons. The number of anilines is 1. The summed E-state index contributed by atoms with van der Waals surface area (Å²) in [6.07, 6.45) is 2.28. The minimum absolute atomic E-state index is 0.269. The predicted molar refractivity (Wildman–Crippen MR) is 134 cm³/mol. The fourth-order valence-electron chi connectivity index (χ4n) is 4.17. The highest BCUT2D eigenvalue weighted by Gasteiger charge is 2.28. The van der Waals surface area contributed by atoms with E-state index in [-0.39, 0.29) is 6.61 Å². The van der Waals surface area contributed by atoms with Gasteiger partial charge in [-0.3, -0.25) is 5.10 Å². The smallest absolute Gasteiger partial charge is 0.343 e. The van der Waals surface area contributed by atoms with Gasteiger partial charge in [-0.1, -0.05) is 23.7 Å². The summed E-state index contributed by atoms with van der Waals surface area (Å²) in [5.41, 5.74) is 5.14. The standard InChI is InChI=1S/C26H24ClN5O3/c1-3-35-26(33)20-14-28-24(17-6-10-19(34-2)11-7-17)29-25(20)32-13-12-22-21(15-32)23(31-30-22)16-4-8-18(27)9-5-16/h4-11,14H,3,12-13,15H2,1-2H3,(H,30,31). The van der Waals surface area contributed by atoms with Gasteiger partial charge in [0, 0.05) is 53.1 Å². The number of aromatic amines is 1. The Bertz CT molecular complexity index is 1350. The normalized spacial score (nSPS) is 12.8. The summed E-state index contributed by atoms with van der Waals surface area (Å²) in [4.78, 5) is 24.1. The molecule has 0 unspecified atom stereocenters. The number of benzene rings is 2. The van der Waals surface area contributed by atoms with Gasteiger partial charge in [-0.05, 0) is 43.3 Å². The summed E-state index contributed by atoms with van der Waals surface area (Å²) in [7, 11) is 1.62. The van der Waals surface area contributed by atoms with Crippen molar-refractivity contribution in [3.05, 3.63) is 76.6 Å². The fourth-order valence-corrected chi connectivity index (χ4v) is 4.29. The first-order chi connectivity index (χ1) is 17.1. The second kappa shape index (κ2) is 9.76. The molecule has 3 heterocycles. The molecule has 178 valence electrons. The number of hydrogen-bond acceptors (Lipinski definition) is 7. The maximum atomic E-state index is 12.8. The molecule has 0 saturated heterocycles. The average molecular weight is 490 g/mol. The van der Waals surface area contributed by atoms with Crippen LogP contribution in [-0.2, 0) is 17.7 Å². The lowest BCUT2D eigenvalue weighted by Crippen LogP contribution is -2.32. The van der Waals surface area contributed by atoms with Crippen molar-refractivity contribution in [2.45, 2.75) is 19.9 Å². The number of halogens is 1. The van der Waals surface area contributed by atoms with E-state index in [1.54, 1.807) is 20.2 Å². The highest BCUT2D eigenvalue weighted by Crippen LogP contribution is 2.33. The third-order valence-electron chi connectivity index (χ3n) is 5.96. The van der Waals surface area contributed by atoms with Crippen molar-refractivity contribution in [1.29, 1.82) is 0 Å². The predicted octanol–water partition coefficient (Wildman–Crippen LogP) is 4.94. The maximum Gasteiger partial charge on any atom is 0.343 e. The lowest BCUT2D eigenvalue weighted by atomic mass is 10.0. The fraction of sp³-hybridized carbons (Fsp3) is 0.231. The number of fused-ring (bicyclic) bond motifs is 1. The Morgan fingerprint density at radius 1 is 1.11 bits per heavy atom. The van der Waals surface area contributed by atoms with Crippen molar-refractivity contribution >= 4 is 23.4 Å². The van der Waals surface area contributed by atoms with Gasteiger partial charge in [0.05, 0.1) is 19.4 Å². The van der Waals surface area contributed by atoms with Crippen molar-refractivity contribution < 1.29 is 14.3 Å². The number of carbonyl (C=O) groups is 1. The van der Waals surface area contributed by atoms with E-state index in [4.69, 9.17) is 26.1 Å². The number of hydrogen-bond donors (Lipinski definition) is 1. The maximum absolute atomic E-state index is 12.8. The van der Waals surface area contributed by atoms with Gasteiger partial charge in [-0.15, -0.1) is 0 Å². The number of ether oxygens (including phenoxy) is 2. The monoisotopic (exact) mass is 489 g/mol. The molecule has 0 amide bonds. The van der Waals surface area contributed by atoms with Crippen LogP contribution in [0.25, 0.3) is 22.6 Å². The first-order valence-corrected chi connectivity index (χ1v) is 11.7. The molecule has 0 atom stereocenters. The van der Waals surface area contributed by atoms with E-state index in [9.17, 15) is 4.79 Å². The van der Waals surface area contributed by atoms with Crippen LogP contribution in [0.3, 0.4) is 0 Å². The minimum Gasteiger partial charge on any atom is -0.497 e. The Morgan fingerprint density at radius 2 is 1.86 bits per heavy atom. The van der Waals surface area contributed by atoms with Crippen LogP contribution < -0.4 is 9.64 Å². The second-order valence-corrected chi connectivity index (χ2v) is 8.52. The van der Waals surface area contributed by atoms with Crippen molar-refractivity contribution in [3.8, 4) is 28.4 Å². The van der Waals surface area contributed by atoms with Crippen LogP contribution in [-0.4, -0.2) is 46.4 Å². The molecule has 0 bridgehead atoms. The topological polar surface area (TPSA) is 93.2 Å². The molecule has 5 rings (SSSR count). The number of methoxy groups -OCH3 is 1. The van der Waals surface area contributed by atoms with Crippen LogP contribution in [0.5, 0.6) is 5.75 Å². The molecule has 0 spiro atoms. The molecule has 1 N–H and O–H groups in total. The van der Waals surface area contributed by atoms with E-state index >= 15 is 0 Å². The Kier molecular flexibility index (Phi) is 6.37. The largest absolute Gasteiger partial charge is 0.497 e. The Hall–Kier alpha value is -3.91. The van der Waals surface area contributed by atoms with Crippen LogP contribution in [0.15, 0.2) is 54.7 Å². The molecule has 2 aromatic carbocycles. The van der Waals surface area contributed by atoms with Gasteiger partial charge in [0.1, 0.15) is 17.1 Å². The average Bonchev–Trinajstić information content (AvgIpc) is 3.32. The summed E-state index contributed by atoms with van der Waals surface area (Å²) in [6, 6.07) is 15.1. The number of carbonyl (C=O) groups excluding carboxylic acids is 1. The minimum atomic E-state index is -0.445. The third-order valence-corrected chi connectivity index (χ3v) is 6.21. The number of H-pyrrole nitrogens is 1. The molecule has 1 aliphatic rings. The van der Waals surface area contributed by atoms with Gasteiger partial charge in [0.2, 0.25) is 0 Å². The van der Waals surface area contributed by atoms with Crippen molar-refractivity contribution in [2.24, 2.45) is 0 Å². The van der Waals surface area contributed by atoms with Gasteiger partial charge < -0.3 is 14.4 Å². The zero-order valence-electron chi connectivity index (χ0n) is 19.4. The van der Waals surface area contributed by atoms with Crippen molar-refractivity contribution in [1.82, 2.24) is 20.2 Å². The number of nitrogens with zero attached hydrogens (tertiary/aromatic N) is 4. The van der Waals surface area contributed by atoms with E-state index in [2.05, 4.69) is 20.1 Å². The van der Waals surface area contributed by atoms with Crippen LogP contribution in [0.2, 0.25) is 5.02 Å². The van der Waals surface area contributed by atoms with Crippen LogP contribution in [0.4, 0.5) is 5.82 Å². The van der Waals surface area contributed by atoms with E-state index < -0.39 is 5.97 Å². The zero-order valence-corrected chi connectivity index (χ0v) is 20.2. The number of esters is 1. The highest BCUT2D eigenvalue weighted by atomic mass is 35.5. The van der Waals surface area contributed by atoms with E-state index in [1.807, 2.05) is 48.5 Å². The molecule has 0 fully saturated rings. The SMILES string of the molecule is CCOC(=O)c1cnc(-c2ccc(OC)cc2)nc1N1CCc2[nH]nc(-c3ccc(Cl)cc3)c2C1. The Labute approximate surface area is 207 Å². The van der Waals surface area contributed by atoms with E-state index in [0.29, 0.717) is 35.3 Å². The van der Waals surface area contributed by atoms with Gasteiger partial charge >= 0.3 is 5.97 Å². The molecule has 8 nitrogen and oxygen atoms in total. The number of nitrogens with one attached hydrogen (secondary N) is 1. The summed E-state index contributed by atoms with van der Waals surface area (Å²) in [6.45, 7) is 3.25. The van der Waals surface area contributed by atoms with E-state index in [1.165, 1.54) is 0 Å². The van der Waals surface area contributed by atoms with Crippen molar-refractivity contribution in [2.75, 3.05) is 25.2 Å². The summed E-state index contributed by atoms with van der Waals surface area (Å²) in [5, 5.41) is 8.41. The highest BCUT2D eigenvalue weighted by molar-refractivity contribution is 6.30. The van der Waals surface area contributed by atoms with Crippen LogP contribution in [0, 0.1) is 0 Å². The van der Waals surface area contributed by atoms with Crippen LogP contribution >= 0.6 is 11.6 Å². The first kappa shape index (κ1) is 22.9. The zero-order chi connectivity index (χ0) is 24.4. The summed E-state index contributed by atoms with van der Waals surface area (Å²) in [5.74, 6) is 1.36. The molecule has 9 heteroatoms. The first-order valence-electron chi connectivity index (χ1n) is 11.3. The number of rotatable bonds is 6. The molecule has 0 saturated carbocycles. The van der Waals surface area contributed by atoms with E-state index in [0.717, 1.165) is 40.2 Å². The van der Waals surface area contributed by atoms with Gasteiger partial charge in [-0.2, -0.15) is 5.10 Å². The molecule has 4 aromatic rings. The third kappa shape index (κ3) is 4.57. The molecule has 2 aromatic heterocycles. The quantitative estimate of drug-likeness (QED) is 0.383. The van der Waals surface area contributed by atoms with Gasteiger partial charge in [-0.25, -0.2) is 14.8 Å². The Morgan fingerprint density at radius 3 is 2.57 bits per heavy atom. The Balaban J connectivity index is 1.53. The molecular weight excluding hydrogens is 466 g/mol. The van der Waals surface area contributed by atoms with Crippen molar-refractivity contribution in [3.63, 3.8) is 0 Å². The molecule has 0 aliphatic carbocycles. The lowest BCUT2D eigenvalue weighted by Gasteiger charge is -2.29. The lowest BCUT2D eigenvalue weighted by molar-refractivity contribution is 0.0526. The molecule has 35 heavy (non-hydrogen) atoms. The second-order valence-electron chi connectivity index (χ2n) is 8.09.